The number of thioether (sulfide) groups is 1. The van der Waals surface area contributed by atoms with Gasteiger partial charge in [-0.1, -0.05) is 42.5 Å². The van der Waals surface area contributed by atoms with Crippen LogP contribution in [0.25, 0.3) is 12.2 Å². The number of alkyl halides is 1. The van der Waals surface area contributed by atoms with Gasteiger partial charge in [0.25, 0.3) is 0 Å². The summed E-state index contributed by atoms with van der Waals surface area (Å²) in [5, 5.41) is 10.1. The van der Waals surface area contributed by atoms with Crippen molar-refractivity contribution in [1.82, 2.24) is 4.90 Å². The van der Waals surface area contributed by atoms with Crippen molar-refractivity contribution in [2.45, 2.75) is 36.7 Å². The van der Waals surface area contributed by atoms with E-state index in [1.54, 1.807) is 6.08 Å². The predicted molar refractivity (Wildman–Crippen MR) is 145 cm³/mol. The van der Waals surface area contributed by atoms with E-state index < -0.39 is 17.9 Å². The Kier molecular flexibility index (Phi) is 7.65. The van der Waals surface area contributed by atoms with Crippen LogP contribution in [0.3, 0.4) is 0 Å². The number of hydrogen-bond acceptors (Lipinski definition) is 5. The number of Topliss-reactive ketones (excluding diaryl/α,β-unsaturated/α-hetero) is 1. The number of carboxylic acids is 1. The molecule has 0 radical (unpaired) electrons. The fraction of sp³-hybridized carbons (Fsp3) is 0.321. The van der Waals surface area contributed by atoms with E-state index in [-0.39, 0.29) is 41.7 Å². The molecule has 0 aliphatic carbocycles. The number of halogens is 2. The third-order valence-corrected chi connectivity index (χ3v) is 8.98. The third kappa shape index (κ3) is 5.31. The minimum Gasteiger partial charge on any atom is -0.480 e. The second-order valence-corrected chi connectivity index (χ2v) is 11.2. The number of carboxylic acid groups (broad SMARTS) is 1. The van der Waals surface area contributed by atoms with E-state index in [9.17, 15) is 19.5 Å². The van der Waals surface area contributed by atoms with Crippen LogP contribution < -0.4 is 0 Å². The van der Waals surface area contributed by atoms with Gasteiger partial charge in [0, 0.05) is 36.5 Å². The maximum Gasteiger partial charge on any atom is 0.327 e. The minimum atomic E-state index is -1.04. The van der Waals surface area contributed by atoms with Gasteiger partial charge in [-0.05, 0) is 51.6 Å². The number of hydrogen-bond donors (Lipinski definition) is 1. The van der Waals surface area contributed by atoms with E-state index in [4.69, 9.17) is 27.9 Å². The molecule has 9 heteroatoms. The van der Waals surface area contributed by atoms with Crippen LogP contribution >= 0.6 is 35.0 Å². The van der Waals surface area contributed by atoms with Gasteiger partial charge in [0.1, 0.15) is 18.4 Å². The van der Waals surface area contributed by atoms with Crippen LogP contribution in [0.1, 0.15) is 34.2 Å². The monoisotopic (exact) mass is 557 g/mol. The van der Waals surface area contributed by atoms with Gasteiger partial charge < -0.3 is 14.7 Å². The molecule has 6 nitrogen and oxygen atoms in total. The molecule has 37 heavy (non-hydrogen) atoms. The molecule has 0 bridgehead atoms. The lowest BCUT2D eigenvalue weighted by Gasteiger charge is -2.54. The molecule has 5 rings (SSSR count). The molecule has 4 atom stereocenters. The SMILES string of the molecule is O=C(Cc1ccccc1)CC1C(=O)N2C1SCC(/C=C/c1cc3c(cc1CCl)COC(Cl)=C3)C2C(=O)O. The smallest absolute Gasteiger partial charge is 0.327 e. The Morgan fingerprint density at radius 2 is 2.00 bits per heavy atom. The molecule has 0 aromatic heterocycles. The van der Waals surface area contributed by atoms with Crippen molar-refractivity contribution in [1.29, 1.82) is 0 Å². The Morgan fingerprint density at radius 3 is 2.73 bits per heavy atom. The van der Waals surface area contributed by atoms with Gasteiger partial charge >= 0.3 is 5.97 Å². The second kappa shape index (κ2) is 10.9. The van der Waals surface area contributed by atoms with Gasteiger partial charge in [-0.2, -0.15) is 0 Å². The van der Waals surface area contributed by atoms with E-state index >= 15 is 0 Å². The Morgan fingerprint density at radius 1 is 1.22 bits per heavy atom. The lowest BCUT2D eigenvalue weighted by molar-refractivity contribution is -0.167. The number of ether oxygens (including phenoxy) is 1. The maximum atomic E-state index is 13.0. The molecule has 2 aromatic carbocycles. The van der Waals surface area contributed by atoms with Crippen LogP contribution in [-0.4, -0.2) is 44.8 Å². The first-order chi connectivity index (χ1) is 17.9. The van der Waals surface area contributed by atoms with Crippen molar-refractivity contribution in [2.75, 3.05) is 5.75 Å². The molecule has 1 amide bonds. The average molecular weight is 558 g/mol. The Hall–Kier alpha value is -2.74. The quantitative estimate of drug-likeness (QED) is 0.350. The zero-order chi connectivity index (χ0) is 26.1. The number of benzene rings is 2. The molecule has 3 aliphatic heterocycles. The number of aliphatic carboxylic acids is 1. The number of amides is 1. The number of fused-ring (bicyclic) bond motifs is 2. The van der Waals surface area contributed by atoms with Crippen molar-refractivity contribution in [3.63, 3.8) is 0 Å². The first-order valence-electron chi connectivity index (χ1n) is 12.0. The first-order valence-corrected chi connectivity index (χ1v) is 13.9. The second-order valence-electron chi connectivity index (χ2n) is 9.41. The van der Waals surface area contributed by atoms with Crippen molar-refractivity contribution in [2.24, 2.45) is 11.8 Å². The molecule has 4 unspecified atom stereocenters. The van der Waals surface area contributed by atoms with Crippen molar-refractivity contribution < 1.29 is 24.2 Å². The molecular weight excluding hydrogens is 533 g/mol. The van der Waals surface area contributed by atoms with Gasteiger partial charge in [-0.25, -0.2) is 4.79 Å². The highest BCUT2D eigenvalue weighted by Crippen LogP contribution is 2.46. The molecule has 2 saturated heterocycles. The average Bonchev–Trinajstić information content (AvgIpc) is 2.89. The van der Waals surface area contributed by atoms with Crippen LogP contribution in [-0.2, 0) is 38.0 Å². The summed E-state index contributed by atoms with van der Waals surface area (Å²) in [6, 6.07) is 12.4. The van der Waals surface area contributed by atoms with E-state index in [0.29, 0.717) is 17.6 Å². The molecular formula is C28H25Cl2NO5S. The molecule has 1 N–H and O–H groups in total. The van der Waals surface area contributed by atoms with Gasteiger partial charge in [0.15, 0.2) is 5.22 Å². The van der Waals surface area contributed by atoms with Crippen molar-refractivity contribution >= 4 is 64.8 Å². The fourth-order valence-corrected chi connectivity index (χ4v) is 7.10. The summed E-state index contributed by atoms with van der Waals surface area (Å²) in [5.74, 6) is -1.36. The predicted octanol–water partition coefficient (Wildman–Crippen LogP) is 5.31. The highest BCUT2D eigenvalue weighted by atomic mass is 35.5. The van der Waals surface area contributed by atoms with Crippen molar-refractivity contribution in [3.8, 4) is 0 Å². The van der Waals surface area contributed by atoms with Crippen LogP contribution in [0.2, 0.25) is 0 Å². The summed E-state index contributed by atoms with van der Waals surface area (Å²) in [7, 11) is 0. The van der Waals surface area contributed by atoms with E-state index in [1.807, 2.05) is 54.6 Å². The zero-order valence-electron chi connectivity index (χ0n) is 19.8. The van der Waals surface area contributed by atoms with Gasteiger partial charge in [0.05, 0.1) is 11.3 Å². The Labute approximate surface area is 229 Å². The molecule has 3 heterocycles. The Bertz CT molecular complexity index is 1290. The molecule has 0 saturated carbocycles. The van der Waals surface area contributed by atoms with Crippen LogP contribution in [0.15, 0.2) is 53.8 Å². The molecule has 2 aromatic rings. The summed E-state index contributed by atoms with van der Waals surface area (Å²) >= 11 is 13.8. The number of carbonyl (C=O) groups excluding carboxylic acids is 2. The number of rotatable bonds is 8. The lowest BCUT2D eigenvalue weighted by Crippen LogP contribution is -2.69. The number of β-lactam (4-membered cyclic amide) rings is 1. The topological polar surface area (TPSA) is 83.9 Å². The highest BCUT2D eigenvalue weighted by molar-refractivity contribution is 8.00. The molecule has 3 aliphatic rings. The fourth-order valence-electron chi connectivity index (χ4n) is 5.14. The largest absolute Gasteiger partial charge is 0.480 e. The summed E-state index contributed by atoms with van der Waals surface area (Å²) in [6.45, 7) is 0.367. The standard InChI is InChI=1S/C28H25Cl2NO5S/c29-13-20-10-21-14-36-24(30)11-19(21)9-17(20)6-7-18-15-37-27-23(26(33)31(27)25(18)28(34)35)12-22(32)8-16-4-2-1-3-5-16/h1-7,9-11,18,23,25,27H,8,12-15H2,(H,34,35)/b7-6+. The molecule has 0 spiro atoms. The summed E-state index contributed by atoms with van der Waals surface area (Å²) in [4.78, 5) is 39.4. The van der Waals surface area contributed by atoms with E-state index in [1.165, 1.54) is 16.7 Å². The number of ketones is 1. The molecule has 192 valence electrons. The summed E-state index contributed by atoms with van der Waals surface area (Å²) < 4.78 is 5.38. The summed E-state index contributed by atoms with van der Waals surface area (Å²) in [5.41, 5.74) is 4.59. The minimum absolute atomic E-state index is 0.0146. The van der Waals surface area contributed by atoms with Gasteiger partial charge in [-0.3, -0.25) is 9.59 Å². The maximum absolute atomic E-state index is 13.0. The van der Waals surface area contributed by atoms with E-state index in [0.717, 1.165) is 27.8 Å². The number of carbonyl (C=O) groups is 3. The molecule has 2 fully saturated rings. The van der Waals surface area contributed by atoms with Crippen LogP contribution in [0, 0.1) is 11.8 Å². The van der Waals surface area contributed by atoms with Gasteiger partial charge in [0.2, 0.25) is 5.91 Å². The highest BCUT2D eigenvalue weighted by Gasteiger charge is 2.56. The van der Waals surface area contributed by atoms with Crippen molar-refractivity contribution in [3.05, 3.63) is 81.6 Å². The lowest BCUT2D eigenvalue weighted by atomic mass is 9.85. The Balaban J connectivity index is 1.30. The third-order valence-electron chi connectivity index (χ3n) is 7.00. The normalized spacial score (nSPS) is 24.5. The van der Waals surface area contributed by atoms with E-state index in [2.05, 4.69) is 0 Å². The van der Waals surface area contributed by atoms with Crippen LogP contribution in [0.5, 0.6) is 0 Å². The zero-order valence-corrected chi connectivity index (χ0v) is 22.1. The summed E-state index contributed by atoms with van der Waals surface area (Å²) in [6.07, 6.45) is 5.87. The van der Waals surface area contributed by atoms with Crippen LogP contribution in [0.4, 0.5) is 0 Å². The first kappa shape index (κ1) is 25.9. The van der Waals surface area contributed by atoms with Gasteiger partial charge in [-0.15, -0.1) is 23.4 Å². The number of nitrogens with zero attached hydrogens (tertiary/aromatic N) is 1.